The summed E-state index contributed by atoms with van der Waals surface area (Å²) in [5, 5.41) is 0.965. The van der Waals surface area contributed by atoms with Crippen molar-refractivity contribution >= 4 is 40.7 Å². The average molecular weight is 343 g/mol. The highest BCUT2D eigenvalue weighted by molar-refractivity contribution is 6.36. The molecule has 1 atom stereocenters. The van der Waals surface area contributed by atoms with Crippen molar-refractivity contribution < 1.29 is 14.3 Å². The predicted molar refractivity (Wildman–Crippen MR) is 84.3 cm³/mol. The first-order valence-electron chi connectivity index (χ1n) is 7.21. The maximum absolute atomic E-state index is 12.6. The lowest BCUT2D eigenvalue weighted by molar-refractivity contribution is -0.143. The molecule has 0 aromatic heterocycles. The number of morpholine rings is 1. The van der Waals surface area contributed by atoms with E-state index in [0.29, 0.717) is 55.0 Å². The smallest absolute Gasteiger partial charge is 0.239 e. The lowest BCUT2D eigenvalue weighted by atomic mass is 10.1. The summed E-state index contributed by atoms with van der Waals surface area (Å²) >= 11 is 12.1. The SMILES string of the molecule is O=C(C1CCN(c2cc(Cl)ccc2Cl)C1=O)N1CCOCC1. The van der Waals surface area contributed by atoms with Gasteiger partial charge < -0.3 is 14.5 Å². The summed E-state index contributed by atoms with van der Waals surface area (Å²) in [4.78, 5) is 28.4. The van der Waals surface area contributed by atoms with Crippen molar-refractivity contribution in [1.29, 1.82) is 0 Å². The number of benzene rings is 1. The second kappa shape index (κ2) is 6.44. The largest absolute Gasteiger partial charge is 0.378 e. The van der Waals surface area contributed by atoms with E-state index in [1.54, 1.807) is 28.0 Å². The highest BCUT2D eigenvalue weighted by Gasteiger charge is 2.40. The van der Waals surface area contributed by atoms with Crippen molar-refractivity contribution in [3.8, 4) is 0 Å². The van der Waals surface area contributed by atoms with Crippen molar-refractivity contribution in [1.82, 2.24) is 4.90 Å². The Labute approximate surface area is 138 Å². The zero-order chi connectivity index (χ0) is 15.7. The third kappa shape index (κ3) is 2.93. The Bertz CT molecular complexity index is 602. The molecular formula is C15H16Cl2N2O3. The van der Waals surface area contributed by atoms with Crippen molar-refractivity contribution in [2.45, 2.75) is 6.42 Å². The van der Waals surface area contributed by atoms with Crippen LogP contribution in [-0.2, 0) is 14.3 Å². The summed E-state index contributed by atoms with van der Waals surface area (Å²) in [6, 6.07) is 4.98. The molecule has 2 amide bonds. The van der Waals surface area contributed by atoms with E-state index in [1.165, 1.54) is 0 Å². The summed E-state index contributed by atoms with van der Waals surface area (Å²) in [6.07, 6.45) is 0.498. The number of carbonyl (C=O) groups is 2. The first-order chi connectivity index (χ1) is 10.6. The van der Waals surface area contributed by atoms with Crippen LogP contribution in [0.3, 0.4) is 0 Å². The molecule has 7 heteroatoms. The van der Waals surface area contributed by atoms with Crippen molar-refractivity contribution in [2.24, 2.45) is 5.92 Å². The molecule has 0 aliphatic carbocycles. The van der Waals surface area contributed by atoms with Gasteiger partial charge in [-0.25, -0.2) is 0 Å². The minimum atomic E-state index is -0.631. The Morgan fingerprint density at radius 1 is 1.18 bits per heavy atom. The zero-order valence-corrected chi connectivity index (χ0v) is 13.4. The molecule has 5 nitrogen and oxygen atoms in total. The predicted octanol–water partition coefficient (Wildman–Crippen LogP) is 2.21. The average Bonchev–Trinajstić information content (AvgIpc) is 2.91. The lowest BCUT2D eigenvalue weighted by Gasteiger charge is -2.28. The van der Waals surface area contributed by atoms with E-state index in [4.69, 9.17) is 27.9 Å². The molecule has 1 aromatic carbocycles. The van der Waals surface area contributed by atoms with Gasteiger partial charge in [0.15, 0.2) is 0 Å². The van der Waals surface area contributed by atoms with E-state index in [0.717, 1.165) is 0 Å². The van der Waals surface area contributed by atoms with Gasteiger partial charge in [-0.05, 0) is 24.6 Å². The van der Waals surface area contributed by atoms with Crippen LogP contribution in [-0.4, -0.2) is 49.6 Å². The van der Waals surface area contributed by atoms with Crippen molar-refractivity contribution in [2.75, 3.05) is 37.7 Å². The number of ether oxygens (including phenoxy) is 1. The van der Waals surface area contributed by atoms with Gasteiger partial charge in [0, 0.05) is 24.7 Å². The summed E-state index contributed by atoms with van der Waals surface area (Å²) in [5.41, 5.74) is 0.566. The Hall–Kier alpha value is -1.30. The summed E-state index contributed by atoms with van der Waals surface area (Å²) in [5.74, 6) is -0.956. The van der Waals surface area contributed by atoms with Crippen LogP contribution in [0.1, 0.15) is 6.42 Å². The van der Waals surface area contributed by atoms with Gasteiger partial charge in [-0.2, -0.15) is 0 Å². The van der Waals surface area contributed by atoms with Crippen LogP contribution in [0.2, 0.25) is 10.0 Å². The van der Waals surface area contributed by atoms with Crippen LogP contribution < -0.4 is 4.90 Å². The number of anilines is 1. The lowest BCUT2D eigenvalue weighted by Crippen LogP contribution is -2.45. The molecule has 0 N–H and O–H groups in total. The third-order valence-electron chi connectivity index (χ3n) is 4.03. The first-order valence-corrected chi connectivity index (χ1v) is 7.96. The van der Waals surface area contributed by atoms with Crippen LogP contribution in [0.15, 0.2) is 18.2 Å². The van der Waals surface area contributed by atoms with Gasteiger partial charge in [0.2, 0.25) is 11.8 Å². The number of hydrogen-bond acceptors (Lipinski definition) is 3. The summed E-state index contributed by atoms with van der Waals surface area (Å²) in [7, 11) is 0. The number of carbonyl (C=O) groups excluding carboxylic acids is 2. The molecule has 0 spiro atoms. The third-order valence-corrected chi connectivity index (χ3v) is 4.58. The number of nitrogens with zero attached hydrogens (tertiary/aromatic N) is 2. The fourth-order valence-corrected chi connectivity index (χ4v) is 3.23. The maximum Gasteiger partial charge on any atom is 0.239 e. The standard InChI is InChI=1S/C15H16Cl2N2O3/c16-10-1-2-12(17)13(9-10)19-4-3-11(15(19)21)14(20)18-5-7-22-8-6-18/h1-2,9,11H,3-8H2. The highest BCUT2D eigenvalue weighted by atomic mass is 35.5. The van der Waals surface area contributed by atoms with Crippen molar-refractivity contribution in [3.05, 3.63) is 28.2 Å². The van der Waals surface area contributed by atoms with Gasteiger partial charge >= 0.3 is 0 Å². The van der Waals surface area contributed by atoms with E-state index in [9.17, 15) is 9.59 Å². The van der Waals surface area contributed by atoms with E-state index in [1.807, 2.05) is 0 Å². The molecule has 22 heavy (non-hydrogen) atoms. The fraction of sp³-hybridized carbons (Fsp3) is 0.467. The van der Waals surface area contributed by atoms with Gasteiger partial charge in [-0.15, -0.1) is 0 Å². The summed E-state index contributed by atoms with van der Waals surface area (Å²) < 4.78 is 5.24. The Morgan fingerprint density at radius 2 is 1.91 bits per heavy atom. The number of halogens is 2. The van der Waals surface area contributed by atoms with Gasteiger partial charge in [-0.1, -0.05) is 23.2 Å². The van der Waals surface area contributed by atoms with E-state index in [-0.39, 0.29) is 11.8 Å². The van der Waals surface area contributed by atoms with Crippen molar-refractivity contribution in [3.63, 3.8) is 0 Å². The minimum Gasteiger partial charge on any atom is -0.378 e. The molecule has 2 aliphatic heterocycles. The van der Waals surface area contributed by atoms with Crippen LogP contribution >= 0.6 is 23.2 Å². The summed E-state index contributed by atoms with van der Waals surface area (Å²) in [6.45, 7) is 2.60. The van der Waals surface area contributed by atoms with Crippen LogP contribution in [0.5, 0.6) is 0 Å². The Morgan fingerprint density at radius 3 is 2.64 bits per heavy atom. The van der Waals surface area contributed by atoms with Crippen LogP contribution in [0, 0.1) is 5.92 Å². The molecule has 0 saturated carbocycles. The molecule has 2 saturated heterocycles. The maximum atomic E-state index is 12.6. The topological polar surface area (TPSA) is 49.9 Å². The molecule has 1 aromatic rings. The van der Waals surface area contributed by atoms with Crippen LogP contribution in [0.25, 0.3) is 0 Å². The monoisotopic (exact) mass is 342 g/mol. The molecule has 118 valence electrons. The molecule has 3 rings (SSSR count). The number of hydrogen-bond donors (Lipinski definition) is 0. The fourth-order valence-electron chi connectivity index (χ4n) is 2.85. The first kappa shape index (κ1) is 15.6. The van der Waals surface area contributed by atoms with E-state index < -0.39 is 5.92 Å². The number of amides is 2. The second-order valence-electron chi connectivity index (χ2n) is 5.36. The molecule has 2 heterocycles. The normalized spacial score (nSPS) is 22.3. The molecule has 2 aliphatic rings. The zero-order valence-electron chi connectivity index (χ0n) is 11.9. The van der Waals surface area contributed by atoms with Gasteiger partial charge in [0.25, 0.3) is 0 Å². The highest BCUT2D eigenvalue weighted by Crippen LogP contribution is 2.34. The Kier molecular flexibility index (Phi) is 4.57. The van der Waals surface area contributed by atoms with Gasteiger partial charge in [0.05, 0.1) is 23.9 Å². The van der Waals surface area contributed by atoms with Gasteiger partial charge in [-0.3, -0.25) is 9.59 Å². The quantitative estimate of drug-likeness (QED) is 0.774. The molecular weight excluding hydrogens is 327 g/mol. The molecule has 1 unspecified atom stereocenters. The van der Waals surface area contributed by atoms with Gasteiger partial charge in [0.1, 0.15) is 5.92 Å². The molecule has 0 radical (unpaired) electrons. The molecule has 0 bridgehead atoms. The second-order valence-corrected chi connectivity index (χ2v) is 6.21. The van der Waals surface area contributed by atoms with Crippen LogP contribution in [0.4, 0.5) is 5.69 Å². The minimum absolute atomic E-state index is 0.117. The number of rotatable bonds is 2. The van der Waals surface area contributed by atoms with E-state index in [2.05, 4.69) is 0 Å². The van der Waals surface area contributed by atoms with E-state index >= 15 is 0 Å². The molecule has 2 fully saturated rings. The Balaban J connectivity index is 1.77.